The number of amides is 2. The molecule has 2 amide bonds. The summed E-state index contributed by atoms with van der Waals surface area (Å²) in [6.45, 7) is -0.0201. The molecule has 0 aliphatic carbocycles. The van der Waals surface area contributed by atoms with Crippen molar-refractivity contribution in [1.82, 2.24) is 4.98 Å². The van der Waals surface area contributed by atoms with E-state index in [0.717, 1.165) is 5.52 Å². The van der Waals surface area contributed by atoms with Crippen LogP contribution in [0.1, 0.15) is 5.89 Å². The van der Waals surface area contributed by atoms with Gasteiger partial charge in [-0.3, -0.25) is 14.5 Å². The number of fused-ring (bicyclic) bond motifs is 2. The molecule has 0 radical (unpaired) electrons. The average Bonchev–Trinajstić information content (AvgIpc) is 3.02. The summed E-state index contributed by atoms with van der Waals surface area (Å²) in [4.78, 5) is 30.0. The third-order valence-electron chi connectivity index (χ3n) is 3.72. The first-order valence-corrected chi connectivity index (χ1v) is 7.45. The van der Waals surface area contributed by atoms with E-state index in [9.17, 15) is 9.59 Å². The number of benzene rings is 2. The van der Waals surface area contributed by atoms with Crippen LogP contribution in [0.15, 0.2) is 59.0 Å². The molecule has 0 bridgehead atoms. The van der Waals surface area contributed by atoms with Gasteiger partial charge in [-0.25, -0.2) is 4.98 Å². The SMILES string of the molecule is O=C1CN(C(=O)/C=C/c2nc3ccccc3o2)c2ccccc2N1. The molecule has 0 saturated heterocycles. The van der Waals surface area contributed by atoms with E-state index in [4.69, 9.17) is 4.42 Å². The zero-order chi connectivity index (χ0) is 16.5. The van der Waals surface area contributed by atoms with Crippen molar-refractivity contribution in [3.63, 3.8) is 0 Å². The fourth-order valence-electron chi connectivity index (χ4n) is 2.62. The third-order valence-corrected chi connectivity index (χ3v) is 3.72. The summed E-state index contributed by atoms with van der Waals surface area (Å²) in [6, 6.07) is 14.6. The molecule has 2 aromatic carbocycles. The van der Waals surface area contributed by atoms with Crippen molar-refractivity contribution in [1.29, 1.82) is 0 Å². The predicted octanol–water partition coefficient (Wildman–Crippen LogP) is 2.83. The Morgan fingerprint density at radius 2 is 1.96 bits per heavy atom. The van der Waals surface area contributed by atoms with Crippen molar-refractivity contribution in [2.45, 2.75) is 0 Å². The largest absolute Gasteiger partial charge is 0.437 e. The maximum Gasteiger partial charge on any atom is 0.251 e. The number of aromatic nitrogens is 1. The molecule has 3 aromatic rings. The number of anilines is 2. The van der Waals surface area contributed by atoms with Crippen molar-refractivity contribution in [2.75, 3.05) is 16.8 Å². The lowest BCUT2D eigenvalue weighted by Crippen LogP contribution is -2.41. The molecule has 0 saturated carbocycles. The van der Waals surface area contributed by atoms with Crippen LogP contribution in [0.3, 0.4) is 0 Å². The van der Waals surface area contributed by atoms with Crippen LogP contribution in [0.5, 0.6) is 0 Å². The highest BCUT2D eigenvalue weighted by atomic mass is 16.3. The molecular weight excluding hydrogens is 306 g/mol. The third kappa shape index (κ3) is 2.54. The number of para-hydroxylation sites is 4. The van der Waals surface area contributed by atoms with Crippen LogP contribution in [-0.4, -0.2) is 23.3 Å². The number of carbonyl (C=O) groups is 2. The Hall–Kier alpha value is -3.41. The quantitative estimate of drug-likeness (QED) is 0.737. The Balaban J connectivity index is 1.61. The van der Waals surface area contributed by atoms with Crippen molar-refractivity contribution in [2.24, 2.45) is 0 Å². The molecular formula is C18H13N3O3. The summed E-state index contributed by atoms with van der Waals surface area (Å²) in [5.74, 6) is -0.184. The van der Waals surface area contributed by atoms with Crippen LogP contribution in [0, 0.1) is 0 Å². The fourth-order valence-corrected chi connectivity index (χ4v) is 2.62. The van der Waals surface area contributed by atoms with Gasteiger partial charge in [0.25, 0.3) is 5.91 Å². The summed E-state index contributed by atoms with van der Waals surface area (Å²) in [7, 11) is 0. The molecule has 6 heteroatoms. The van der Waals surface area contributed by atoms with Crippen molar-refractivity contribution in [3.8, 4) is 0 Å². The highest BCUT2D eigenvalue weighted by Crippen LogP contribution is 2.29. The topological polar surface area (TPSA) is 75.4 Å². The van der Waals surface area contributed by atoms with E-state index in [1.54, 1.807) is 18.2 Å². The van der Waals surface area contributed by atoms with Gasteiger partial charge in [-0.15, -0.1) is 0 Å². The zero-order valence-electron chi connectivity index (χ0n) is 12.6. The van der Waals surface area contributed by atoms with Gasteiger partial charge in [-0.1, -0.05) is 24.3 Å². The molecule has 0 fully saturated rings. The number of hydrogen-bond donors (Lipinski definition) is 1. The molecule has 1 aromatic heterocycles. The van der Waals surface area contributed by atoms with E-state index in [0.29, 0.717) is 22.8 Å². The van der Waals surface area contributed by atoms with Crippen LogP contribution in [0.2, 0.25) is 0 Å². The normalized spacial score (nSPS) is 14.0. The van der Waals surface area contributed by atoms with Gasteiger partial charge in [-0.05, 0) is 24.3 Å². The molecule has 0 unspecified atom stereocenters. The number of hydrogen-bond acceptors (Lipinski definition) is 4. The van der Waals surface area contributed by atoms with E-state index >= 15 is 0 Å². The second-order valence-electron chi connectivity index (χ2n) is 5.34. The number of nitrogens with zero attached hydrogens (tertiary/aromatic N) is 2. The van der Waals surface area contributed by atoms with E-state index in [1.165, 1.54) is 17.1 Å². The van der Waals surface area contributed by atoms with Crippen molar-refractivity contribution < 1.29 is 14.0 Å². The van der Waals surface area contributed by atoms with Crippen LogP contribution in [-0.2, 0) is 9.59 Å². The maximum atomic E-state index is 12.5. The van der Waals surface area contributed by atoms with Crippen LogP contribution >= 0.6 is 0 Å². The lowest BCUT2D eigenvalue weighted by Gasteiger charge is -2.28. The first-order chi connectivity index (χ1) is 11.7. The Bertz CT molecular complexity index is 941. The summed E-state index contributed by atoms with van der Waals surface area (Å²) in [5.41, 5.74) is 2.68. The van der Waals surface area contributed by atoms with Gasteiger partial charge >= 0.3 is 0 Å². The molecule has 1 aliphatic rings. The predicted molar refractivity (Wildman–Crippen MR) is 90.5 cm³/mol. The van der Waals surface area contributed by atoms with Gasteiger partial charge in [0.15, 0.2) is 5.58 Å². The first kappa shape index (κ1) is 14.2. The molecule has 2 heterocycles. The number of carbonyl (C=O) groups excluding carboxylic acids is 2. The van der Waals surface area contributed by atoms with Crippen molar-refractivity contribution >= 4 is 40.4 Å². The highest BCUT2D eigenvalue weighted by molar-refractivity contribution is 6.13. The second-order valence-corrected chi connectivity index (χ2v) is 5.34. The van der Waals surface area contributed by atoms with Crippen LogP contribution in [0.4, 0.5) is 11.4 Å². The fraction of sp³-hybridized carbons (Fsp3) is 0.0556. The van der Waals surface area contributed by atoms with Crippen LogP contribution in [0.25, 0.3) is 17.2 Å². The highest BCUT2D eigenvalue weighted by Gasteiger charge is 2.25. The molecule has 1 N–H and O–H groups in total. The number of nitrogens with one attached hydrogen (secondary N) is 1. The lowest BCUT2D eigenvalue weighted by atomic mass is 10.2. The van der Waals surface area contributed by atoms with E-state index < -0.39 is 0 Å². The summed E-state index contributed by atoms with van der Waals surface area (Å²) in [6.07, 6.45) is 2.87. The molecule has 0 atom stereocenters. The molecule has 1 aliphatic heterocycles. The molecule has 6 nitrogen and oxygen atoms in total. The van der Waals surface area contributed by atoms with Gasteiger partial charge in [-0.2, -0.15) is 0 Å². The second kappa shape index (κ2) is 5.66. The zero-order valence-corrected chi connectivity index (χ0v) is 12.6. The monoisotopic (exact) mass is 319 g/mol. The molecule has 0 spiro atoms. The summed E-state index contributed by atoms with van der Waals surface area (Å²) < 4.78 is 5.55. The van der Waals surface area contributed by atoms with Gasteiger partial charge in [0, 0.05) is 12.2 Å². The first-order valence-electron chi connectivity index (χ1n) is 7.45. The minimum absolute atomic E-state index is 0.0201. The average molecular weight is 319 g/mol. The van der Waals surface area contributed by atoms with E-state index in [-0.39, 0.29) is 18.4 Å². The van der Waals surface area contributed by atoms with Gasteiger partial charge in [0.05, 0.1) is 11.4 Å². The standard InChI is InChI=1S/C18H13N3O3/c22-16-11-21(14-7-3-1-5-12(14)19-16)18(23)10-9-17-20-13-6-2-4-8-15(13)24-17/h1-10H,11H2,(H,19,22)/b10-9+. The van der Waals surface area contributed by atoms with Gasteiger partial charge in [0.2, 0.25) is 11.8 Å². The van der Waals surface area contributed by atoms with Gasteiger partial charge < -0.3 is 9.73 Å². The molecule has 24 heavy (non-hydrogen) atoms. The Morgan fingerprint density at radius 3 is 2.83 bits per heavy atom. The van der Waals surface area contributed by atoms with Gasteiger partial charge in [0.1, 0.15) is 12.1 Å². The Labute approximate surface area is 137 Å². The summed E-state index contributed by atoms with van der Waals surface area (Å²) in [5, 5.41) is 2.75. The van der Waals surface area contributed by atoms with E-state index in [1.807, 2.05) is 30.3 Å². The number of oxazole rings is 1. The number of rotatable bonds is 2. The Kier molecular flexibility index (Phi) is 3.35. The smallest absolute Gasteiger partial charge is 0.251 e. The minimum atomic E-state index is -0.306. The minimum Gasteiger partial charge on any atom is -0.437 e. The van der Waals surface area contributed by atoms with Crippen LogP contribution < -0.4 is 10.2 Å². The Morgan fingerprint density at radius 1 is 1.17 bits per heavy atom. The van der Waals surface area contributed by atoms with Crippen molar-refractivity contribution in [3.05, 3.63) is 60.5 Å². The molecule has 118 valence electrons. The maximum absolute atomic E-state index is 12.5. The molecule has 4 rings (SSSR count). The lowest BCUT2D eigenvalue weighted by molar-refractivity contribution is -0.119. The van der Waals surface area contributed by atoms with E-state index in [2.05, 4.69) is 10.3 Å². The summed E-state index contributed by atoms with van der Waals surface area (Å²) >= 11 is 0.